The van der Waals surface area contributed by atoms with Gasteiger partial charge in [0.2, 0.25) is 0 Å². The maximum Gasteiger partial charge on any atom is 0.315 e. The molecular weight excluding hydrogens is 476 g/mol. The average Bonchev–Trinajstić information content (AvgIpc) is 3.16. The van der Waals surface area contributed by atoms with Crippen LogP contribution >= 0.6 is 0 Å². The van der Waals surface area contributed by atoms with Gasteiger partial charge in [-0.25, -0.2) is 9.79 Å². The fourth-order valence-corrected chi connectivity index (χ4v) is 5.90. The molecule has 1 fully saturated rings. The minimum absolute atomic E-state index is 0.0920. The summed E-state index contributed by atoms with van der Waals surface area (Å²) in [6.07, 6.45) is 20.0. The standard InChI is InChI=1S/C30H44N6O2/c1-2-3-16-30(19-23-8-5-4-6-9-23)27(37)36(28(31)35-30)22-26-13-11-25(12-14-26)21-34-29(38)33-18-15-24-10-7-17-32-20-24/h7,10-11,13,17,20,23H,2-6,8-9,12,14-16,18-19,21-22H2,1H3,(H2,31,35)(H2,33,34,38). The fraction of sp³-hybridized carbons (Fsp3) is 0.600. The third-order valence-corrected chi connectivity index (χ3v) is 8.12. The van der Waals surface area contributed by atoms with Crippen LogP contribution in [0.2, 0.25) is 0 Å². The van der Waals surface area contributed by atoms with Gasteiger partial charge in [0, 0.05) is 25.5 Å². The normalized spacial score (nSPS) is 22.1. The van der Waals surface area contributed by atoms with E-state index in [4.69, 9.17) is 10.7 Å². The summed E-state index contributed by atoms with van der Waals surface area (Å²) in [6.45, 7) is 3.74. The lowest BCUT2D eigenvalue weighted by molar-refractivity contribution is -0.132. The maximum atomic E-state index is 13.7. The lowest BCUT2D eigenvalue weighted by Gasteiger charge is -2.32. The highest BCUT2D eigenvalue weighted by molar-refractivity contribution is 6.07. The predicted octanol–water partition coefficient (Wildman–Crippen LogP) is 4.63. The molecule has 1 unspecified atom stereocenters. The second kappa shape index (κ2) is 13.6. The molecule has 1 aromatic heterocycles. The van der Waals surface area contributed by atoms with E-state index >= 15 is 0 Å². The zero-order chi connectivity index (χ0) is 26.8. The van der Waals surface area contributed by atoms with Crippen molar-refractivity contribution in [3.05, 3.63) is 53.4 Å². The Bertz CT molecular complexity index is 1040. The van der Waals surface area contributed by atoms with Crippen LogP contribution in [0.1, 0.15) is 83.1 Å². The molecule has 8 heteroatoms. The number of pyridine rings is 1. The first-order valence-corrected chi connectivity index (χ1v) is 14.4. The molecule has 0 radical (unpaired) electrons. The molecule has 0 bridgehead atoms. The number of nitrogens with zero attached hydrogens (tertiary/aromatic N) is 3. The van der Waals surface area contributed by atoms with Crippen LogP contribution < -0.4 is 16.4 Å². The Morgan fingerprint density at radius 3 is 2.66 bits per heavy atom. The summed E-state index contributed by atoms with van der Waals surface area (Å²) >= 11 is 0. The summed E-state index contributed by atoms with van der Waals surface area (Å²) in [6, 6.07) is 3.73. The molecule has 0 saturated heterocycles. The smallest absolute Gasteiger partial charge is 0.315 e. The van der Waals surface area contributed by atoms with Crippen molar-refractivity contribution in [1.82, 2.24) is 20.5 Å². The third-order valence-electron chi connectivity index (χ3n) is 8.12. The SMILES string of the molecule is CCCCC1(CC2CCCCC2)N=C(N)N(CC2=CC=C(CNC(=O)NCCc3cccnc3)CC2)C1=O. The van der Waals surface area contributed by atoms with Gasteiger partial charge in [-0.05, 0) is 49.7 Å². The van der Waals surface area contributed by atoms with Gasteiger partial charge in [0.1, 0.15) is 5.54 Å². The first kappa shape index (κ1) is 27.9. The van der Waals surface area contributed by atoms with Gasteiger partial charge >= 0.3 is 6.03 Å². The van der Waals surface area contributed by atoms with Crippen molar-refractivity contribution < 1.29 is 9.59 Å². The molecule has 4 rings (SSSR count). The molecule has 1 atom stereocenters. The number of nitrogens with one attached hydrogen (secondary N) is 2. The minimum atomic E-state index is -0.674. The van der Waals surface area contributed by atoms with E-state index in [2.05, 4.69) is 34.7 Å². The lowest BCUT2D eigenvalue weighted by atomic mass is 9.77. The quantitative estimate of drug-likeness (QED) is 0.373. The molecule has 8 nitrogen and oxygen atoms in total. The van der Waals surface area contributed by atoms with Crippen LogP contribution in [0, 0.1) is 5.92 Å². The number of carbonyl (C=O) groups excluding carboxylic acids is 2. The Balaban J connectivity index is 1.27. The Morgan fingerprint density at radius 1 is 1.16 bits per heavy atom. The molecule has 3 aliphatic rings. The van der Waals surface area contributed by atoms with Crippen molar-refractivity contribution in [2.75, 3.05) is 19.6 Å². The van der Waals surface area contributed by atoms with Crippen LogP contribution in [0.15, 0.2) is 52.8 Å². The molecule has 2 aliphatic carbocycles. The number of amides is 3. The molecule has 0 aromatic carbocycles. The number of unbranched alkanes of at least 4 members (excludes halogenated alkanes) is 1. The number of allylic oxidation sites excluding steroid dienone is 2. The predicted molar refractivity (Wildman–Crippen MR) is 152 cm³/mol. The van der Waals surface area contributed by atoms with Gasteiger partial charge < -0.3 is 16.4 Å². The number of urea groups is 1. The molecule has 2 heterocycles. The van der Waals surface area contributed by atoms with Crippen LogP contribution in [0.4, 0.5) is 4.79 Å². The van der Waals surface area contributed by atoms with Crippen molar-refractivity contribution in [1.29, 1.82) is 0 Å². The van der Waals surface area contributed by atoms with Crippen LogP contribution in [0.3, 0.4) is 0 Å². The van der Waals surface area contributed by atoms with Gasteiger partial charge in [-0.1, -0.05) is 81.2 Å². The molecule has 1 saturated carbocycles. The Kier molecular flexibility index (Phi) is 9.96. The second-order valence-corrected chi connectivity index (χ2v) is 11.1. The Hall–Kier alpha value is -3.16. The average molecular weight is 521 g/mol. The number of hydrogen-bond acceptors (Lipinski definition) is 5. The minimum Gasteiger partial charge on any atom is -0.369 e. The highest BCUT2D eigenvalue weighted by Gasteiger charge is 2.48. The number of guanidine groups is 1. The van der Waals surface area contributed by atoms with E-state index in [0.29, 0.717) is 31.5 Å². The topological polar surface area (TPSA) is 113 Å². The number of aliphatic imine (C=N–C) groups is 1. The largest absolute Gasteiger partial charge is 0.369 e. The lowest BCUT2D eigenvalue weighted by Crippen LogP contribution is -2.46. The first-order valence-electron chi connectivity index (χ1n) is 14.4. The van der Waals surface area contributed by atoms with Gasteiger partial charge in [0.15, 0.2) is 5.96 Å². The highest BCUT2D eigenvalue weighted by Crippen LogP contribution is 2.39. The van der Waals surface area contributed by atoms with Gasteiger partial charge in [-0.3, -0.25) is 14.7 Å². The van der Waals surface area contributed by atoms with E-state index in [-0.39, 0.29) is 11.9 Å². The van der Waals surface area contributed by atoms with Gasteiger partial charge in [0.05, 0.1) is 6.54 Å². The van der Waals surface area contributed by atoms with Crippen molar-refractivity contribution in [3.8, 4) is 0 Å². The zero-order valence-electron chi connectivity index (χ0n) is 22.9. The van der Waals surface area contributed by atoms with E-state index in [9.17, 15) is 9.59 Å². The number of nitrogens with two attached hydrogens (primary N) is 1. The number of aromatic nitrogens is 1. The first-order chi connectivity index (χ1) is 18.5. The molecule has 4 N–H and O–H groups in total. The van der Waals surface area contributed by atoms with E-state index < -0.39 is 5.54 Å². The monoisotopic (exact) mass is 520 g/mol. The Morgan fingerprint density at radius 2 is 1.95 bits per heavy atom. The molecule has 38 heavy (non-hydrogen) atoms. The Labute approximate surface area is 227 Å². The van der Waals surface area contributed by atoms with E-state index in [0.717, 1.165) is 50.5 Å². The fourth-order valence-electron chi connectivity index (χ4n) is 5.90. The summed E-state index contributed by atoms with van der Waals surface area (Å²) in [4.78, 5) is 36.6. The molecule has 1 aliphatic heterocycles. The van der Waals surface area contributed by atoms with E-state index in [1.807, 2.05) is 18.3 Å². The van der Waals surface area contributed by atoms with Crippen LogP contribution in [-0.2, 0) is 11.2 Å². The van der Waals surface area contributed by atoms with E-state index in [1.165, 1.54) is 43.3 Å². The number of carbonyl (C=O) groups is 2. The summed E-state index contributed by atoms with van der Waals surface area (Å²) in [7, 11) is 0. The third kappa shape index (κ3) is 7.45. The maximum absolute atomic E-state index is 13.7. The van der Waals surface area contributed by atoms with Gasteiger partial charge in [-0.15, -0.1) is 0 Å². The number of hydrogen-bond donors (Lipinski definition) is 3. The van der Waals surface area contributed by atoms with Gasteiger partial charge in [0.25, 0.3) is 5.91 Å². The van der Waals surface area contributed by atoms with Crippen molar-refractivity contribution in [2.45, 2.75) is 89.5 Å². The molecule has 0 spiro atoms. The van der Waals surface area contributed by atoms with Crippen LogP contribution in [0.5, 0.6) is 0 Å². The summed E-state index contributed by atoms with van der Waals surface area (Å²) < 4.78 is 0. The second-order valence-electron chi connectivity index (χ2n) is 11.1. The van der Waals surface area contributed by atoms with Crippen molar-refractivity contribution >= 4 is 17.9 Å². The highest BCUT2D eigenvalue weighted by atomic mass is 16.2. The van der Waals surface area contributed by atoms with E-state index in [1.54, 1.807) is 11.1 Å². The van der Waals surface area contributed by atoms with Crippen molar-refractivity contribution in [2.24, 2.45) is 16.6 Å². The summed E-state index contributed by atoms with van der Waals surface area (Å²) in [5.74, 6) is 1.04. The van der Waals surface area contributed by atoms with Crippen LogP contribution in [0.25, 0.3) is 0 Å². The van der Waals surface area contributed by atoms with Crippen molar-refractivity contribution in [3.63, 3.8) is 0 Å². The molecule has 1 aromatic rings. The number of rotatable bonds is 12. The summed E-state index contributed by atoms with van der Waals surface area (Å²) in [5, 5.41) is 5.84. The van der Waals surface area contributed by atoms with Crippen LogP contribution in [-0.4, -0.2) is 53.0 Å². The molecule has 206 valence electrons. The van der Waals surface area contributed by atoms with Gasteiger partial charge in [-0.2, -0.15) is 0 Å². The summed E-state index contributed by atoms with van der Waals surface area (Å²) in [5.41, 5.74) is 9.14. The molecule has 3 amide bonds. The molecular formula is C30H44N6O2. The zero-order valence-corrected chi connectivity index (χ0v) is 22.9.